The summed E-state index contributed by atoms with van der Waals surface area (Å²) in [5.74, 6) is -1.03. The Morgan fingerprint density at radius 2 is 0.827 bits per heavy atom. The van der Waals surface area contributed by atoms with E-state index in [4.69, 9.17) is 9.84 Å². The Morgan fingerprint density at radius 1 is 0.493 bits per heavy atom. The molecule has 2 fully saturated rings. The molecule has 0 saturated heterocycles. The number of benzene rings is 6. The van der Waals surface area contributed by atoms with Gasteiger partial charge in [-0.1, -0.05) is 199 Å². The van der Waals surface area contributed by atoms with Crippen molar-refractivity contribution >= 4 is 24.1 Å². The van der Waals surface area contributed by atoms with Gasteiger partial charge in [0.25, 0.3) is 0 Å². The van der Waals surface area contributed by atoms with Gasteiger partial charge in [0.15, 0.2) is 0 Å². The van der Waals surface area contributed by atoms with Crippen molar-refractivity contribution in [2.45, 2.75) is 167 Å². The van der Waals surface area contributed by atoms with Crippen LogP contribution in [0.1, 0.15) is 172 Å². The number of hydrogen-bond acceptors (Lipinski definition) is 5. The Hall–Kier alpha value is -6.34. The Kier molecular flexibility index (Phi) is 18.5. The molecule has 75 heavy (non-hydrogen) atoms. The molecule has 6 aromatic rings. The first-order valence-electron chi connectivity index (χ1n) is 27.7. The highest BCUT2D eigenvalue weighted by Crippen LogP contribution is 2.43. The number of hydrogen-bond donors (Lipinski definition) is 3. The van der Waals surface area contributed by atoms with Crippen molar-refractivity contribution in [2.24, 2.45) is 0 Å². The molecule has 0 aliphatic heterocycles. The Morgan fingerprint density at radius 3 is 1.13 bits per heavy atom. The Bertz CT molecular complexity index is 2970. The summed E-state index contributed by atoms with van der Waals surface area (Å²) in [7, 11) is 1.42. The van der Waals surface area contributed by atoms with Crippen molar-refractivity contribution in [3.63, 3.8) is 0 Å². The highest BCUT2D eigenvalue weighted by molar-refractivity contribution is 5.74. The van der Waals surface area contributed by atoms with Crippen molar-refractivity contribution in [3.8, 4) is 22.3 Å². The minimum Gasteiger partial charge on any atom is -0.481 e. The number of rotatable bonds is 18. The smallest absolute Gasteiger partial charge is 0.309 e. The predicted molar refractivity (Wildman–Crippen MR) is 310 cm³/mol. The molecule has 0 atom stereocenters. The summed E-state index contributed by atoms with van der Waals surface area (Å²) in [5.41, 5.74) is 17.6. The lowest BCUT2D eigenvalue weighted by Gasteiger charge is -2.34. The molecule has 0 spiro atoms. The van der Waals surface area contributed by atoms with Crippen LogP contribution in [0, 0.1) is 27.7 Å². The maximum atomic E-state index is 11.6. The minimum atomic E-state index is -0.811. The highest BCUT2D eigenvalue weighted by atomic mass is 16.5. The molecule has 0 unspecified atom stereocenters. The first-order chi connectivity index (χ1) is 35.9. The molecule has 2 aliphatic carbocycles. The standard InChI is InChI=1S/C35H42O3.C34H40O3/c1-6-35(7-2,30-15-14-28(25(3)22-30)18-21-34(37)19-8-9-20-34)31-16-17-32(26(4)23-31)29-12-10-27(11-13-29)24-33(36)38-5;1-5-34(6-2,29-14-13-27(24(3)21-29)17-20-33(37)18-7-8-19-33)30-15-16-31(25(4)22-30)28-11-9-26(10-12-28)23-32(35)36/h10-18,21-23,37H,6-9,19-20,24H2,1-5H3;9-17,20-22,37H,5-8,18-19,23H2,1-4H3,(H,35,36)/b21-18+;20-17+. The Balaban J connectivity index is 0.000000219. The van der Waals surface area contributed by atoms with Gasteiger partial charge in [-0.2, -0.15) is 0 Å². The second kappa shape index (κ2) is 24.6. The molecule has 2 saturated carbocycles. The average molecular weight is 1010 g/mol. The van der Waals surface area contributed by atoms with E-state index in [0.29, 0.717) is 6.42 Å². The van der Waals surface area contributed by atoms with Gasteiger partial charge in [-0.3, -0.25) is 9.59 Å². The van der Waals surface area contributed by atoms with Crippen LogP contribution in [0.25, 0.3) is 34.4 Å². The zero-order valence-corrected chi connectivity index (χ0v) is 46.3. The number of carboxylic acids is 1. The number of aliphatic hydroxyl groups is 2. The van der Waals surface area contributed by atoms with Gasteiger partial charge in [-0.25, -0.2) is 0 Å². The van der Waals surface area contributed by atoms with Crippen LogP contribution >= 0.6 is 0 Å². The number of carboxylic acid groups (broad SMARTS) is 1. The first-order valence-corrected chi connectivity index (χ1v) is 27.7. The molecule has 0 amide bonds. The number of ether oxygens (including phenoxy) is 1. The largest absolute Gasteiger partial charge is 0.481 e. The van der Waals surface area contributed by atoms with Crippen molar-refractivity contribution in [1.29, 1.82) is 0 Å². The molecule has 0 heterocycles. The molecule has 8 rings (SSSR count). The summed E-state index contributed by atoms with van der Waals surface area (Å²) >= 11 is 0. The van der Waals surface area contributed by atoms with E-state index in [0.717, 1.165) is 99.3 Å². The van der Waals surface area contributed by atoms with E-state index in [-0.39, 0.29) is 23.2 Å². The summed E-state index contributed by atoms with van der Waals surface area (Å²) in [6.07, 6.45) is 20.4. The van der Waals surface area contributed by atoms with Crippen LogP contribution in [-0.2, 0) is 38.0 Å². The number of carbonyl (C=O) groups excluding carboxylic acids is 1. The average Bonchev–Trinajstić information content (AvgIpc) is 4.05. The van der Waals surface area contributed by atoms with Gasteiger partial charge in [0.1, 0.15) is 0 Å². The summed E-state index contributed by atoms with van der Waals surface area (Å²) in [6, 6.07) is 43.4. The molecule has 0 radical (unpaired) electrons. The van der Waals surface area contributed by atoms with Crippen molar-refractivity contribution < 1.29 is 29.6 Å². The number of aliphatic carboxylic acids is 1. The molecular weight excluding hydrogens is 925 g/mol. The number of methoxy groups -OCH3 is 1. The predicted octanol–water partition coefficient (Wildman–Crippen LogP) is 16.1. The van der Waals surface area contributed by atoms with E-state index in [2.05, 4.69) is 152 Å². The summed E-state index contributed by atoms with van der Waals surface area (Å²) in [6.45, 7) is 17.8. The van der Waals surface area contributed by atoms with Gasteiger partial charge in [0, 0.05) is 10.8 Å². The van der Waals surface area contributed by atoms with E-state index in [1.165, 1.54) is 73.9 Å². The van der Waals surface area contributed by atoms with E-state index in [1.807, 2.05) is 48.6 Å². The third-order valence-electron chi connectivity index (χ3n) is 17.2. The SMILES string of the molecule is CCC(CC)(c1ccc(/C=C/C2(O)CCCC2)c(C)c1)c1ccc(-c2ccc(CC(=O)O)cc2)c(C)c1.CCC(CC)(c1ccc(/C=C/C2(O)CCCC2)c(C)c1)c1ccc(-c2ccc(CC(=O)OC)cc2)c(C)c1. The van der Waals surface area contributed by atoms with Crippen LogP contribution in [0.15, 0.2) is 133 Å². The van der Waals surface area contributed by atoms with E-state index >= 15 is 0 Å². The fourth-order valence-electron chi connectivity index (χ4n) is 12.2. The molecule has 0 aromatic heterocycles. The lowest BCUT2D eigenvalue weighted by atomic mass is 9.69. The summed E-state index contributed by atoms with van der Waals surface area (Å²) in [4.78, 5) is 22.6. The molecule has 6 nitrogen and oxygen atoms in total. The highest BCUT2D eigenvalue weighted by Gasteiger charge is 2.34. The topological polar surface area (TPSA) is 104 Å². The van der Waals surface area contributed by atoms with E-state index < -0.39 is 17.2 Å². The maximum Gasteiger partial charge on any atom is 0.309 e. The van der Waals surface area contributed by atoms with Gasteiger partial charge < -0.3 is 20.1 Å². The number of aryl methyl sites for hydroxylation is 4. The van der Waals surface area contributed by atoms with Crippen molar-refractivity contribution in [2.75, 3.05) is 7.11 Å². The first kappa shape index (κ1) is 56.4. The number of esters is 1. The zero-order chi connectivity index (χ0) is 54.0. The normalized spacial score (nSPS) is 15.3. The fraction of sp³-hybridized carbons (Fsp3) is 0.391. The van der Waals surface area contributed by atoms with Gasteiger partial charge in [-0.15, -0.1) is 0 Å². The monoisotopic (exact) mass is 1010 g/mol. The fourth-order valence-corrected chi connectivity index (χ4v) is 12.2. The molecule has 6 heteroatoms. The Labute approximate surface area is 448 Å². The van der Waals surface area contributed by atoms with E-state index in [1.54, 1.807) is 0 Å². The third kappa shape index (κ3) is 13.0. The molecular formula is C69H82O6. The third-order valence-corrected chi connectivity index (χ3v) is 17.2. The lowest BCUT2D eigenvalue weighted by molar-refractivity contribution is -0.140. The van der Waals surface area contributed by atoms with Crippen molar-refractivity contribution in [3.05, 3.63) is 200 Å². The molecule has 3 N–H and O–H groups in total. The van der Waals surface area contributed by atoms with Crippen LogP contribution in [0.4, 0.5) is 0 Å². The van der Waals surface area contributed by atoms with Crippen LogP contribution < -0.4 is 0 Å². The molecule has 2 aliphatic rings. The minimum absolute atomic E-state index is 0.0442. The quantitative estimate of drug-likeness (QED) is 0.0741. The van der Waals surface area contributed by atoms with Gasteiger partial charge in [0.2, 0.25) is 0 Å². The summed E-state index contributed by atoms with van der Waals surface area (Å²) < 4.78 is 4.79. The van der Waals surface area contributed by atoms with Crippen molar-refractivity contribution in [1.82, 2.24) is 0 Å². The molecule has 6 aromatic carbocycles. The van der Waals surface area contributed by atoms with Crippen LogP contribution in [0.2, 0.25) is 0 Å². The maximum absolute atomic E-state index is 11.6. The van der Waals surface area contributed by atoms with Gasteiger partial charge >= 0.3 is 11.9 Å². The summed E-state index contributed by atoms with van der Waals surface area (Å²) in [5, 5.41) is 30.5. The molecule has 394 valence electrons. The van der Waals surface area contributed by atoms with E-state index in [9.17, 15) is 19.8 Å². The second-order valence-corrected chi connectivity index (χ2v) is 21.8. The number of carbonyl (C=O) groups is 2. The molecule has 0 bridgehead atoms. The zero-order valence-electron chi connectivity index (χ0n) is 46.3. The van der Waals surface area contributed by atoms with Crippen LogP contribution in [0.5, 0.6) is 0 Å². The lowest BCUT2D eigenvalue weighted by Crippen LogP contribution is -2.26. The second-order valence-electron chi connectivity index (χ2n) is 21.8. The van der Waals surface area contributed by atoms with Crippen LogP contribution in [-0.4, -0.2) is 45.6 Å². The van der Waals surface area contributed by atoms with Gasteiger partial charge in [-0.05, 0) is 168 Å². The van der Waals surface area contributed by atoms with Gasteiger partial charge in [0.05, 0.1) is 31.2 Å². The van der Waals surface area contributed by atoms with Crippen LogP contribution in [0.3, 0.4) is 0 Å².